The summed E-state index contributed by atoms with van der Waals surface area (Å²) in [7, 11) is 3.90. The monoisotopic (exact) mass is 405 g/mol. The smallest absolute Gasteiger partial charge is 0.251 e. The number of benzene rings is 1. The second kappa shape index (κ2) is 8.73. The van der Waals surface area contributed by atoms with Gasteiger partial charge in [0.1, 0.15) is 23.3 Å². The summed E-state index contributed by atoms with van der Waals surface area (Å²) in [6, 6.07) is 6.17. The predicted molar refractivity (Wildman–Crippen MR) is 110 cm³/mol. The van der Waals surface area contributed by atoms with E-state index < -0.39 is 5.82 Å². The summed E-state index contributed by atoms with van der Waals surface area (Å²) in [5.41, 5.74) is 0.248. The molecule has 1 amide bonds. The third-order valence-corrected chi connectivity index (χ3v) is 5.04. The van der Waals surface area contributed by atoms with Gasteiger partial charge >= 0.3 is 0 Å². The maximum atomic E-state index is 13.4. The lowest BCUT2D eigenvalue weighted by atomic mass is 9.91. The van der Waals surface area contributed by atoms with Crippen LogP contribution in [0.3, 0.4) is 0 Å². The molecule has 0 saturated heterocycles. The van der Waals surface area contributed by atoms with Crippen LogP contribution in [-0.4, -0.2) is 42.1 Å². The highest BCUT2D eigenvalue weighted by Gasteiger charge is 2.23. The molecule has 0 bridgehead atoms. The normalized spacial score (nSPS) is 19.2. The Morgan fingerprint density at radius 1 is 1.11 bits per heavy atom. The molecule has 1 saturated carbocycles. The van der Waals surface area contributed by atoms with E-state index in [1.54, 1.807) is 0 Å². The van der Waals surface area contributed by atoms with Crippen LogP contribution in [0.4, 0.5) is 16.0 Å². The summed E-state index contributed by atoms with van der Waals surface area (Å²) in [4.78, 5) is 23.2. The largest absolute Gasteiger partial charge is 0.367 e. The van der Waals surface area contributed by atoms with Crippen molar-refractivity contribution in [2.45, 2.75) is 44.7 Å². The maximum Gasteiger partial charge on any atom is 0.251 e. The van der Waals surface area contributed by atoms with Gasteiger partial charge in [0.2, 0.25) is 0 Å². The minimum atomic E-state index is -0.511. The Hall–Kier alpha value is -2.41. The SMILES string of the molecule is Cc1nc(NC2CCC(NC(=O)c3cc(F)cc(Cl)c3)CC2)cc(N(C)C)n1. The van der Waals surface area contributed by atoms with Gasteiger partial charge in [0.25, 0.3) is 5.91 Å². The molecule has 0 radical (unpaired) electrons. The number of anilines is 2. The van der Waals surface area contributed by atoms with Crippen LogP contribution in [0.2, 0.25) is 5.02 Å². The fourth-order valence-corrected chi connectivity index (χ4v) is 3.62. The first kappa shape index (κ1) is 20.3. The van der Waals surface area contributed by atoms with Crippen molar-refractivity contribution < 1.29 is 9.18 Å². The summed E-state index contributed by atoms with van der Waals surface area (Å²) < 4.78 is 13.4. The lowest BCUT2D eigenvalue weighted by molar-refractivity contribution is 0.0926. The second-order valence-electron chi connectivity index (χ2n) is 7.38. The molecule has 150 valence electrons. The highest BCUT2D eigenvalue weighted by Crippen LogP contribution is 2.24. The first-order valence-corrected chi connectivity index (χ1v) is 9.74. The first-order valence-electron chi connectivity index (χ1n) is 9.36. The number of aryl methyl sites for hydroxylation is 1. The molecule has 1 aromatic carbocycles. The molecule has 0 aliphatic heterocycles. The minimum Gasteiger partial charge on any atom is -0.367 e. The number of hydrogen-bond donors (Lipinski definition) is 2. The summed E-state index contributed by atoms with van der Waals surface area (Å²) in [6.07, 6.45) is 3.51. The third kappa shape index (κ3) is 5.32. The van der Waals surface area contributed by atoms with E-state index >= 15 is 0 Å². The zero-order valence-corrected chi connectivity index (χ0v) is 17.1. The average Bonchev–Trinajstić information content (AvgIpc) is 2.62. The fourth-order valence-electron chi connectivity index (χ4n) is 3.40. The number of hydrogen-bond acceptors (Lipinski definition) is 5. The minimum absolute atomic E-state index is 0.0667. The van der Waals surface area contributed by atoms with Crippen molar-refractivity contribution in [2.24, 2.45) is 0 Å². The van der Waals surface area contributed by atoms with E-state index in [4.69, 9.17) is 11.6 Å². The molecule has 2 aromatic rings. The number of aromatic nitrogens is 2. The molecule has 1 heterocycles. The van der Waals surface area contributed by atoms with Gasteiger partial charge in [-0.2, -0.15) is 0 Å². The van der Waals surface area contributed by atoms with Crippen LogP contribution in [0.25, 0.3) is 0 Å². The molecule has 1 aliphatic carbocycles. The van der Waals surface area contributed by atoms with Crippen LogP contribution in [0.15, 0.2) is 24.3 Å². The van der Waals surface area contributed by atoms with Gasteiger partial charge in [-0.3, -0.25) is 4.79 Å². The number of halogens is 2. The summed E-state index contributed by atoms with van der Waals surface area (Å²) >= 11 is 5.83. The summed E-state index contributed by atoms with van der Waals surface area (Å²) in [5, 5.41) is 6.68. The summed E-state index contributed by atoms with van der Waals surface area (Å²) in [5.74, 6) is 1.61. The standard InChI is InChI=1S/C20H25ClFN5O/c1-12-23-18(11-19(24-12)27(2)3)25-16-4-6-17(7-5-16)26-20(28)13-8-14(21)10-15(22)9-13/h8-11,16-17H,4-7H2,1-3H3,(H,26,28)(H,23,24,25). The van der Waals surface area contributed by atoms with Gasteiger partial charge in [0.15, 0.2) is 0 Å². The van der Waals surface area contributed by atoms with Crippen molar-refractivity contribution in [1.29, 1.82) is 0 Å². The van der Waals surface area contributed by atoms with E-state index in [0.29, 0.717) is 6.04 Å². The van der Waals surface area contributed by atoms with Crippen LogP contribution < -0.4 is 15.5 Å². The van der Waals surface area contributed by atoms with Crippen LogP contribution in [-0.2, 0) is 0 Å². The predicted octanol–water partition coefficient (Wildman–Crippen LogP) is 3.80. The van der Waals surface area contributed by atoms with Crippen LogP contribution in [0.1, 0.15) is 41.9 Å². The Bertz CT molecular complexity index is 832. The molecule has 1 aliphatic rings. The molecule has 0 spiro atoms. The molecule has 1 aromatic heterocycles. The highest BCUT2D eigenvalue weighted by atomic mass is 35.5. The van der Waals surface area contributed by atoms with Crippen molar-refractivity contribution in [1.82, 2.24) is 15.3 Å². The molecule has 6 nitrogen and oxygen atoms in total. The van der Waals surface area contributed by atoms with E-state index in [2.05, 4.69) is 20.6 Å². The number of carbonyl (C=O) groups is 1. The lowest BCUT2D eigenvalue weighted by Gasteiger charge is -2.30. The zero-order valence-electron chi connectivity index (χ0n) is 16.3. The van der Waals surface area contributed by atoms with Crippen molar-refractivity contribution in [3.8, 4) is 0 Å². The van der Waals surface area contributed by atoms with Crippen LogP contribution in [0.5, 0.6) is 0 Å². The number of amides is 1. The number of nitrogens with one attached hydrogen (secondary N) is 2. The van der Waals surface area contributed by atoms with Crippen LogP contribution >= 0.6 is 11.6 Å². The van der Waals surface area contributed by atoms with E-state index in [0.717, 1.165) is 43.1 Å². The molecule has 8 heteroatoms. The zero-order chi connectivity index (χ0) is 20.3. The Labute approximate surface area is 169 Å². The quantitative estimate of drug-likeness (QED) is 0.791. The molecule has 2 N–H and O–H groups in total. The van der Waals surface area contributed by atoms with Gasteiger partial charge < -0.3 is 15.5 Å². The molecule has 28 heavy (non-hydrogen) atoms. The van der Waals surface area contributed by atoms with Crippen molar-refractivity contribution in [2.75, 3.05) is 24.3 Å². The van der Waals surface area contributed by atoms with E-state index in [1.165, 1.54) is 18.2 Å². The molecule has 0 unspecified atom stereocenters. The van der Waals surface area contributed by atoms with E-state index in [-0.39, 0.29) is 22.5 Å². The van der Waals surface area contributed by atoms with Gasteiger partial charge in [-0.05, 0) is 50.8 Å². The van der Waals surface area contributed by atoms with Crippen LogP contribution in [0, 0.1) is 12.7 Å². The van der Waals surface area contributed by atoms with Gasteiger partial charge in [0, 0.05) is 42.8 Å². The van der Waals surface area contributed by atoms with Gasteiger partial charge in [-0.1, -0.05) is 11.6 Å². The van der Waals surface area contributed by atoms with E-state index in [1.807, 2.05) is 32.0 Å². The number of rotatable bonds is 5. The van der Waals surface area contributed by atoms with Crippen molar-refractivity contribution in [3.05, 3.63) is 46.5 Å². The Morgan fingerprint density at radius 3 is 2.43 bits per heavy atom. The van der Waals surface area contributed by atoms with Gasteiger partial charge in [-0.25, -0.2) is 14.4 Å². The van der Waals surface area contributed by atoms with Crippen molar-refractivity contribution >= 4 is 29.1 Å². The average molecular weight is 406 g/mol. The third-order valence-electron chi connectivity index (χ3n) is 4.82. The van der Waals surface area contributed by atoms with E-state index in [9.17, 15) is 9.18 Å². The highest BCUT2D eigenvalue weighted by molar-refractivity contribution is 6.31. The van der Waals surface area contributed by atoms with Crippen molar-refractivity contribution in [3.63, 3.8) is 0 Å². The Balaban J connectivity index is 1.54. The molecule has 0 atom stereocenters. The Kier molecular flexibility index (Phi) is 6.34. The molecule has 1 fully saturated rings. The Morgan fingerprint density at radius 2 is 1.79 bits per heavy atom. The number of nitrogens with zero attached hydrogens (tertiary/aromatic N) is 3. The molecule has 3 rings (SSSR count). The summed E-state index contributed by atoms with van der Waals surface area (Å²) in [6.45, 7) is 1.88. The second-order valence-corrected chi connectivity index (χ2v) is 7.81. The topological polar surface area (TPSA) is 70.2 Å². The molecular weight excluding hydrogens is 381 g/mol. The first-order chi connectivity index (χ1) is 13.3. The van der Waals surface area contributed by atoms with Gasteiger partial charge in [-0.15, -0.1) is 0 Å². The molecular formula is C20H25ClFN5O. The fraction of sp³-hybridized carbons (Fsp3) is 0.450. The van der Waals surface area contributed by atoms with Gasteiger partial charge in [0.05, 0.1) is 0 Å². The maximum absolute atomic E-state index is 13.4. The lowest BCUT2D eigenvalue weighted by Crippen LogP contribution is -2.40. The number of carbonyl (C=O) groups excluding carboxylic acids is 1.